The molecule has 0 aromatic rings. The summed E-state index contributed by atoms with van der Waals surface area (Å²) in [6, 6.07) is 0. The highest BCUT2D eigenvalue weighted by Gasteiger charge is 2.19. The lowest BCUT2D eigenvalue weighted by Gasteiger charge is -2.18. The van der Waals surface area contributed by atoms with E-state index in [0.29, 0.717) is 25.7 Å². The number of hydrogen-bond donors (Lipinski definition) is 0. The number of carbonyl (C=O) groups excluding carboxylic acids is 3. The van der Waals surface area contributed by atoms with Crippen LogP contribution < -0.4 is 0 Å². The minimum atomic E-state index is -0.809. The SMILES string of the molecule is CCCCC\C=C/C=C\C=C/C=C\CCCCCCCC(=O)OCC(COC(=O)CCC/C=C\CCCCCC)OC(=O)CCCCCCC\C=C/C=C\C=C/CCCCCCC. The molecule has 0 aliphatic heterocycles. The van der Waals surface area contributed by atoms with E-state index in [-0.39, 0.29) is 31.1 Å². The van der Waals surface area contributed by atoms with Crippen molar-refractivity contribution in [3.8, 4) is 0 Å². The molecule has 0 aliphatic rings. The molecule has 1 atom stereocenters. The summed E-state index contributed by atoms with van der Waals surface area (Å²) >= 11 is 0. The highest BCUT2D eigenvalue weighted by atomic mass is 16.6. The van der Waals surface area contributed by atoms with Crippen LogP contribution in [0.5, 0.6) is 0 Å². The normalized spacial score (nSPS) is 12.9. The lowest BCUT2D eigenvalue weighted by Crippen LogP contribution is -2.30. The number of carbonyl (C=O) groups is 3. The molecule has 63 heavy (non-hydrogen) atoms. The summed E-state index contributed by atoms with van der Waals surface area (Å²) in [5.74, 6) is -0.989. The molecular weight excluding hydrogens is 781 g/mol. The molecule has 0 fully saturated rings. The van der Waals surface area contributed by atoms with Crippen LogP contribution in [0.25, 0.3) is 0 Å². The van der Waals surface area contributed by atoms with Crippen LogP contribution in [0.3, 0.4) is 0 Å². The van der Waals surface area contributed by atoms with Gasteiger partial charge in [-0.2, -0.15) is 0 Å². The van der Waals surface area contributed by atoms with Crippen LogP contribution >= 0.6 is 0 Å². The zero-order valence-electron chi connectivity index (χ0n) is 40.8. The Bertz CT molecular complexity index is 1280. The summed E-state index contributed by atoms with van der Waals surface area (Å²) in [6.45, 7) is 6.47. The molecule has 0 N–H and O–H groups in total. The summed E-state index contributed by atoms with van der Waals surface area (Å²) in [4.78, 5) is 37.9. The Labute approximate surface area is 387 Å². The van der Waals surface area contributed by atoms with E-state index in [1.165, 1.54) is 77.0 Å². The van der Waals surface area contributed by atoms with Crippen LogP contribution in [0.4, 0.5) is 0 Å². The van der Waals surface area contributed by atoms with Crippen molar-refractivity contribution in [3.05, 3.63) is 97.2 Å². The molecule has 358 valence electrons. The average Bonchev–Trinajstić information content (AvgIpc) is 3.28. The van der Waals surface area contributed by atoms with Crippen molar-refractivity contribution < 1.29 is 28.6 Å². The molecule has 0 bridgehead atoms. The Hall–Kier alpha value is -3.67. The van der Waals surface area contributed by atoms with Gasteiger partial charge in [0.2, 0.25) is 0 Å². The van der Waals surface area contributed by atoms with Gasteiger partial charge in [-0.25, -0.2) is 0 Å². The number of rotatable bonds is 45. The lowest BCUT2D eigenvalue weighted by atomic mass is 10.1. The summed E-state index contributed by atoms with van der Waals surface area (Å²) in [5, 5.41) is 0. The molecule has 6 nitrogen and oxygen atoms in total. The number of ether oxygens (including phenoxy) is 3. The Balaban J connectivity index is 4.46. The van der Waals surface area contributed by atoms with Crippen LogP contribution in [-0.2, 0) is 28.6 Å². The number of esters is 3. The Kier molecular flexibility index (Phi) is 48.0. The molecule has 1 unspecified atom stereocenters. The molecule has 0 aromatic heterocycles. The molecule has 0 amide bonds. The monoisotopic (exact) mass is 875 g/mol. The van der Waals surface area contributed by atoms with Gasteiger partial charge in [0.25, 0.3) is 0 Å². The predicted octanol–water partition coefficient (Wildman–Crippen LogP) is 17.0. The maximum absolute atomic E-state index is 12.8. The molecule has 0 aliphatic carbocycles. The maximum Gasteiger partial charge on any atom is 0.306 e. The van der Waals surface area contributed by atoms with E-state index in [1.807, 2.05) is 0 Å². The molecule has 0 aromatic carbocycles. The fourth-order valence-corrected chi connectivity index (χ4v) is 6.75. The Morgan fingerprint density at radius 3 is 1.05 bits per heavy atom. The zero-order valence-corrected chi connectivity index (χ0v) is 40.8. The highest BCUT2D eigenvalue weighted by Crippen LogP contribution is 2.12. The van der Waals surface area contributed by atoms with Crippen molar-refractivity contribution in [1.82, 2.24) is 0 Å². The van der Waals surface area contributed by atoms with Gasteiger partial charge in [0.05, 0.1) is 0 Å². The van der Waals surface area contributed by atoms with Gasteiger partial charge < -0.3 is 14.2 Å². The van der Waals surface area contributed by atoms with Gasteiger partial charge in [-0.15, -0.1) is 0 Å². The quantitative estimate of drug-likeness (QED) is 0.0199. The summed E-state index contributed by atoms with van der Waals surface area (Å²) < 4.78 is 16.7. The van der Waals surface area contributed by atoms with Gasteiger partial charge in [0.15, 0.2) is 6.10 Å². The molecule has 0 heterocycles. The van der Waals surface area contributed by atoms with Crippen molar-refractivity contribution in [2.75, 3.05) is 13.2 Å². The fourth-order valence-electron chi connectivity index (χ4n) is 6.75. The standard InChI is InChI=1S/C57H94O6/c1-4-7-10-13-16-19-21-23-25-27-29-31-33-35-38-41-44-47-50-56(59)62-53-54(52-61-55(58)49-46-43-40-37-18-15-12-9-6-3)63-57(60)51-48-45-42-39-36-34-32-30-28-26-24-22-20-17-14-11-8-5-2/h16,19,21-32,37,40,54H,4-15,17-18,20,33-36,38-39,41-53H2,1-3H3/b19-16-,23-21-,24-22-,27-25-,28-26-,31-29-,32-30-,40-37-. The smallest absolute Gasteiger partial charge is 0.306 e. The average molecular weight is 875 g/mol. The third-order valence-electron chi connectivity index (χ3n) is 10.7. The highest BCUT2D eigenvalue weighted by molar-refractivity contribution is 5.71. The first-order valence-corrected chi connectivity index (χ1v) is 25.8. The largest absolute Gasteiger partial charge is 0.462 e. The van der Waals surface area contributed by atoms with Crippen LogP contribution in [0.2, 0.25) is 0 Å². The number of unbranched alkanes of at least 4 members (excludes halogenated alkanes) is 23. The third-order valence-corrected chi connectivity index (χ3v) is 10.7. The van der Waals surface area contributed by atoms with Crippen molar-refractivity contribution in [2.45, 2.75) is 232 Å². The molecule has 6 heteroatoms. The van der Waals surface area contributed by atoms with Gasteiger partial charge in [0, 0.05) is 19.3 Å². The van der Waals surface area contributed by atoms with Crippen LogP contribution in [0.15, 0.2) is 97.2 Å². The second-order valence-electron chi connectivity index (χ2n) is 16.9. The zero-order chi connectivity index (χ0) is 45.8. The molecule has 0 saturated carbocycles. The van der Waals surface area contributed by atoms with E-state index in [1.54, 1.807) is 0 Å². The molecule has 0 radical (unpaired) electrons. The first kappa shape index (κ1) is 59.3. The second kappa shape index (κ2) is 51.0. The first-order chi connectivity index (χ1) is 31.0. The Morgan fingerprint density at radius 1 is 0.317 bits per heavy atom. The van der Waals surface area contributed by atoms with Crippen LogP contribution in [-0.4, -0.2) is 37.2 Å². The Morgan fingerprint density at radius 2 is 0.603 bits per heavy atom. The molecule has 0 rings (SSSR count). The van der Waals surface area contributed by atoms with E-state index >= 15 is 0 Å². The summed E-state index contributed by atoms with van der Waals surface area (Å²) in [5.41, 5.74) is 0. The maximum atomic E-state index is 12.8. The van der Waals surface area contributed by atoms with Crippen molar-refractivity contribution in [1.29, 1.82) is 0 Å². The van der Waals surface area contributed by atoms with Crippen LogP contribution in [0, 0.1) is 0 Å². The van der Waals surface area contributed by atoms with E-state index in [0.717, 1.165) is 103 Å². The lowest BCUT2D eigenvalue weighted by molar-refractivity contribution is -0.167. The van der Waals surface area contributed by atoms with Gasteiger partial charge in [0.1, 0.15) is 13.2 Å². The van der Waals surface area contributed by atoms with Crippen LogP contribution in [0.1, 0.15) is 226 Å². The van der Waals surface area contributed by atoms with Gasteiger partial charge in [-0.3, -0.25) is 14.4 Å². The predicted molar refractivity (Wildman–Crippen MR) is 270 cm³/mol. The van der Waals surface area contributed by atoms with E-state index in [9.17, 15) is 14.4 Å². The third kappa shape index (κ3) is 49.2. The van der Waals surface area contributed by atoms with E-state index in [2.05, 4.69) is 118 Å². The molecule has 0 spiro atoms. The topological polar surface area (TPSA) is 78.9 Å². The molecule has 0 saturated heterocycles. The minimum Gasteiger partial charge on any atom is -0.462 e. The second-order valence-corrected chi connectivity index (χ2v) is 16.9. The summed E-state index contributed by atoms with van der Waals surface area (Å²) in [7, 11) is 0. The van der Waals surface area contributed by atoms with Crippen molar-refractivity contribution in [2.24, 2.45) is 0 Å². The molecular formula is C57H94O6. The van der Waals surface area contributed by atoms with E-state index in [4.69, 9.17) is 14.2 Å². The van der Waals surface area contributed by atoms with Crippen molar-refractivity contribution >= 4 is 17.9 Å². The van der Waals surface area contributed by atoms with Crippen molar-refractivity contribution in [3.63, 3.8) is 0 Å². The van der Waals surface area contributed by atoms with E-state index < -0.39 is 6.10 Å². The first-order valence-electron chi connectivity index (χ1n) is 25.8. The van der Waals surface area contributed by atoms with Gasteiger partial charge in [-0.1, -0.05) is 214 Å². The summed E-state index contributed by atoms with van der Waals surface area (Å²) in [6.07, 6.45) is 66.8. The minimum absolute atomic E-state index is 0.108. The number of allylic oxidation sites excluding steroid dienone is 16. The van der Waals surface area contributed by atoms with Gasteiger partial charge >= 0.3 is 17.9 Å². The number of hydrogen-bond acceptors (Lipinski definition) is 6. The van der Waals surface area contributed by atoms with Gasteiger partial charge in [-0.05, 0) is 89.9 Å². The fraction of sp³-hybridized carbons (Fsp3) is 0.667.